The number of hydrogen-bond acceptors (Lipinski definition) is 7. The maximum Gasteiger partial charge on any atom is 0.337 e. The third-order valence-corrected chi connectivity index (χ3v) is 2.74. The van der Waals surface area contributed by atoms with E-state index in [9.17, 15) is 4.79 Å². The Labute approximate surface area is 115 Å². The lowest BCUT2D eigenvalue weighted by atomic mass is 10.1. The lowest BCUT2D eigenvalue weighted by molar-refractivity contribution is 0.0601. The molecule has 1 aromatic heterocycles. The van der Waals surface area contributed by atoms with Gasteiger partial charge in [0, 0.05) is 5.56 Å². The summed E-state index contributed by atoms with van der Waals surface area (Å²) in [6.45, 7) is 0. The first-order valence-corrected chi connectivity index (χ1v) is 5.71. The first-order chi connectivity index (χ1) is 9.55. The molecule has 0 saturated heterocycles. The van der Waals surface area contributed by atoms with Gasteiger partial charge in [-0.3, -0.25) is 10.7 Å². The summed E-state index contributed by atoms with van der Waals surface area (Å²) in [5.41, 5.74) is 15.4. The molecule has 0 aliphatic carbocycles. The normalized spacial score (nSPS) is 10.1. The first-order valence-electron chi connectivity index (χ1n) is 5.71. The summed E-state index contributed by atoms with van der Waals surface area (Å²) < 4.78 is 4.66. The van der Waals surface area contributed by atoms with Crippen molar-refractivity contribution in [2.45, 2.75) is 0 Å². The Morgan fingerprint density at radius 2 is 2.05 bits per heavy atom. The van der Waals surface area contributed by atoms with Crippen LogP contribution in [0.3, 0.4) is 0 Å². The van der Waals surface area contributed by atoms with Crippen LogP contribution >= 0.6 is 0 Å². The number of nitrogens with one attached hydrogen (secondary N) is 1. The van der Waals surface area contributed by atoms with Gasteiger partial charge >= 0.3 is 5.97 Å². The van der Waals surface area contributed by atoms with Gasteiger partial charge in [-0.05, 0) is 30.3 Å². The average Bonchev–Trinajstić information content (AvgIpc) is 2.48. The predicted octanol–water partition coefficient (Wildman–Crippen LogP) is 1.50. The van der Waals surface area contributed by atoms with E-state index >= 15 is 0 Å². The Morgan fingerprint density at radius 1 is 1.30 bits per heavy atom. The van der Waals surface area contributed by atoms with E-state index in [1.165, 1.54) is 13.2 Å². The molecular formula is C13H14N4O3. The number of methoxy groups -OCH3 is 1. The molecule has 2 aromatic rings. The number of nitrogens with zero attached hydrogens (tertiary/aromatic N) is 1. The van der Waals surface area contributed by atoms with Crippen LogP contribution in [0.1, 0.15) is 10.4 Å². The van der Waals surface area contributed by atoms with Crippen LogP contribution in [-0.4, -0.2) is 23.3 Å². The van der Waals surface area contributed by atoms with Gasteiger partial charge in [-0.2, -0.15) is 0 Å². The highest BCUT2D eigenvalue weighted by molar-refractivity contribution is 5.92. The molecule has 1 heterocycles. The Balaban J connectivity index is 2.54. The molecule has 0 spiro atoms. The third-order valence-electron chi connectivity index (χ3n) is 2.74. The van der Waals surface area contributed by atoms with Gasteiger partial charge in [0.2, 0.25) is 0 Å². The van der Waals surface area contributed by atoms with Gasteiger partial charge in [0.25, 0.3) is 0 Å². The molecule has 0 saturated carbocycles. The van der Waals surface area contributed by atoms with Crippen LogP contribution < -0.4 is 16.9 Å². The van der Waals surface area contributed by atoms with Crippen LogP contribution in [0, 0.1) is 0 Å². The van der Waals surface area contributed by atoms with E-state index in [1.54, 1.807) is 24.3 Å². The predicted molar refractivity (Wildman–Crippen MR) is 75.2 cm³/mol. The van der Waals surface area contributed by atoms with E-state index in [-0.39, 0.29) is 11.4 Å². The summed E-state index contributed by atoms with van der Waals surface area (Å²) >= 11 is 0. The molecule has 6 N–H and O–H groups in total. The highest BCUT2D eigenvalue weighted by atomic mass is 16.5. The number of carbonyl (C=O) groups is 1. The number of hydrogen-bond donors (Lipinski definition) is 4. The SMILES string of the molecule is COC(=O)c1cc(NO)cc(-c2ccc(N)c(N)n2)c1. The number of rotatable bonds is 3. The summed E-state index contributed by atoms with van der Waals surface area (Å²) in [5, 5.41) is 9.02. The zero-order valence-electron chi connectivity index (χ0n) is 10.8. The Kier molecular flexibility index (Phi) is 3.72. The average molecular weight is 274 g/mol. The number of pyridine rings is 1. The second-order valence-electron chi connectivity index (χ2n) is 4.07. The molecule has 0 aliphatic heterocycles. The van der Waals surface area contributed by atoms with Gasteiger partial charge in [-0.15, -0.1) is 0 Å². The third kappa shape index (κ3) is 2.62. The standard InChI is InChI=1S/C13H14N4O3/c1-20-13(18)8-4-7(5-9(6-8)17-19)11-3-2-10(14)12(15)16-11/h2-6,17,19H,14H2,1H3,(H2,15,16). The van der Waals surface area contributed by atoms with Crippen LogP contribution in [0.2, 0.25) is 0 Å². The topological polar surface area (TPSA) is 123 Å². The molecule has 0 unspecified atom stereocenters. The summed E-state index contributed by atoms with van der Waals surface area (Å²) in [7, 11) is 1.28. The maximum atomic E-state index is 11.6. The molecule has 0 atom stereocenters. The molecule has 104 valence electrons. The van der Waals surface area contributed by atoms with Crippen molar-refractivity contribution in [2.75, 3.05) is 24.1 Å². The highest BCUT2D eigenvalue weighted by Gasteiger charge is 2.11. The Hall–Kier alpha value is -2.80. The molecule has 0 amide bonds. The largest absolute Gasteiger partial charge is 0.465 e. The highest BCUT2D eigenvalue weighted by Crippen LogP contribution is 2.26. The number of ether oxygens (including phenoxy) is 1. The van der Waals surface area contributed by atoms with Crippen LogP contribution in [0.25, 0.3) is 11.3 Å². The van der Waals surface area contributed by atoms with E-state index in [0.717, 1.165) is 0 Å². The molecule has 2 rings (SSSR count). The van der Waals surface area contributed by atoms with Crippen LogP contribution in [-0.2, 0) is 4.74 Å². The number of benzene rings is 1. The van der Waals surface area contributed by atoms with Crippen LogP contribution in [0.15, 0.2) is 30.3 Å². The first kappa shape index (κ1) is 13.6. The zero-order chi connectivity index (χ0) is 14.7. The minimum Gasteiger partial charge on any atom is -0.465 e. The molecular weight excluding hydrogens is 260 g/mol. The van der Waals surface area contributed by atoms with Gasteiger partial charge < -0.3 is 16.2 Å². The van der Waals surface area contributed by atoms with Gasteiger partial charge in [-0.25, -0.2) is 9.78 Å². The van der Waals surface area contributed by atoms with Crippen molar-refractivity contribution in [3.8, 4) is 11.3 Å². The number of nitrogens with two attached hydrogens (primary N) is 2. The van der Waals surface area contributed by atoms with Crippen molar-refractivity contribution in [3.63, 3.8) is 0 Å². The Bertz CT molecular complexity index is 658. The van der Waals surface area contributed by atoms with Crippen molar-refractivity contribution in [3.05, 3.63) is 35.9 Å². The molecule has 0 aliphatic rings. The minimum atomic E-state index is -0.522. The molecule has 7 heteroatoms. The fourth-order valence-corrected chi connectivity index (χ4v) is 1.72. The van der Waals surface area contributed by atoms with Crippen molar-refractivity contribution in [1.29, 1.82) is 0 Å². The van der Waals surface area contributed by atoms with E-state index in [0.29, 0.717) is 22.6 Å². The number of esters is 1. The molecule has 0 fully saturated rings. The summed E-state index contributed by atoms with van der Waals surface area (Å²) in [4.78, 5) is 15.7. The van der Waals surface area contributed by atoms with Gasteiger partial charge in [0.1, 0.15) is 5.82 Å². The quantitative estimate of drug-likeness (QED) is 0.494. The van der Waals surface area contributed by atoms with Gasteiger partial charge in [0.15, 0.2) is 0 Å². The second-order valence-corrected chi connectivity index (χ2v) is 4.07. The summed E-state index contributed by atoms with van der Waals surface area (Å²) in [6, 6.07) is 7.95. The second kappa shape index (κ2) is 5.45. The molecule has 0 bridgehead atoms. The van der Waals surface area contributed by atoms with Crippen LogP contribution in [0.4, 0.5) is 17.2 Å². The number of aromatic nitrogens is 1. The Morgan fingerprint density at radius 3 is 2.65 bits per heavy atom. The number of carbonyl (C=O) groups excluding carboxylic acids is 1. The lowest BCUT2D eigenvalue weighted by Gasteiger charge is -2.09. The van der Waals surface area contributed by atoms with E-state index < -0.39 is 5.97 Å². The fraction of sp³-hybridized carbons (Fsp3) is 0.0769. The number of anilines is 3. The monoisotopic (exact) mass is 274 g/mol. The van der Waals surface area contributed by atoms with Crippen molar-refractivity contribution < 1.29 is 14.7 Å². The van der Waals surface area contributed by atoms with E-state index in [4.69, 9.17) is 16.7 Å². The van der Waals surface area contributed by atoms with Gasteiger partial charge in [0.05, 0.1) is 29.7 Å². The molecule has 7 nitrogen and oxygen atoms in total. The van der Waals surface area contributed by atoms with Crippen molar-refractivity contribution in [2.24, 2.45) is 0 Å². The van der Waals surface area contributed by atoms with Crippen LogP contribution in [0.5, 0.6) is 0 Å². The van der Waals surface area contributed by atoms with Gasteiger partial charge in [-0.1, -0.05) is 0 Å². The van der Waals surface area contributed by atoms with E-state index in [2.05, 4.69) is 9.72 Å². The maximum absolute atomic E-state index is 11.6. The molecule has 1 aromatic carbocycles. The van der Waals surface area contributed by atoms with Crippen molar-refractivity contribution in [1.82, 2.24) is 4.98 Å². The lowest BCUT2D eigenvalue weighted by Crippen LogP contribution is -2.04. The summed E-state index contributed by atoms with van der Waals surface area (Å²) in [6.07, 6.45) is 0. The smallest absolute Gasteiger partial charge is 0.337 e. The summed E-state index contributed by atoms with van der Waals surface area (Å²) in [5.74, 6) is -0.323. The number of nitrogen functional groups attached to an aromatic ring is 2. The van der Waals surface area contributed by atoms with E-state index in [1.807, 2.05) is 5.48 Å². The zero-order valence-corrected chi connectivity index (χ0v) is 10.8. The molecule has 20 heavy (non-hydrogen) atoms. The van der Waals surface area contributed by atoms with Crippen molar-refractivity contribution >= 4 is 23.2 Å². The minimum absolute atomic E-state index is 0.199. The fourth-order valence-electron chi connectivity index (χ4n) is 1.72. The molecule has 0 radical (unpaired) electrons.